The minimum atomic E-state index is -1.90. The molecular formula is C38H37N3O11. The van der Waals surface area contributed by atoms with Crippen LogP contribution in [0.3, 0.4) is 0 Å². The summed E-state index contributed by atoms with van der Waals surface area (Å²) in [6.45, 7) is -0.709. The Balaban J connectivity index is 1.27. The molecule has 14 heteroatoms. The quantitative estimate of drug-likeness (QED) is 0.0873. The average molecular weight is 712 g/mol. The molecule has 0 spiro atoms. The minimum Gasteiger partial charge on any atom is -0.508 e. The van der Waals surface area contributed by atoms with E-state index in [0.717, 1.165) is 16.2 Å². The number of hydrogen-bond acceptors (Lipinski definition) is 11. The molecule has 8 atom stereocenters. The summed E-state index contributed by atoms with van der Waals surface area (Å²) in [4.78, 5) is 35.9. The van der Waals surface area contributed by atoms with E-state index in [1.54, 1.807) is 24.4 Å². The number of benzene rings is 3. The van der Waals surface area contributed by atoms with E-state index in [0.29, 0.717) is 29.5 Å². The molecule has 4 aromatic rings. The van der Waals surface area contributed by atoms with Crippen LogP contribution < -0.4 is 9.64 Å². The van der Waals surface area contributed by atoms with Crippen molar-refractivity contribution in [3.05, 3.63) is 119 Å². The van der Waals surface area contributed by atoms with Gasteiger partial charge in [0.15, 0.2) is 17.0 Å². The zero-order valence-electron chi connectivity index (χ0n) is 27.6. The number of carboxylic acid groups (broad SMARTS) is 1. The fourth-order valence-electron chi connectivity index (χ4n) is 7.45. The SMILES string of the molecule is O=C(C=Cc1ccc(O)c(Cc2cnc[nH]2)c1)N1c2cc(OC3OC(CO)C(O)C(O)C3O)c(O)cc2C2C(Cc3ccccc3)C=CC21C(=O)O. The van der Waals surface area contributed by atoms with E-state index in [2.05, 4.69) is 9.97 Å². The fraction of sp³-hybridized carbons (Fsp3) is 0.289. The maximum atomic E-state index is 14.3. The molecule has 3 heterocycles. The Labute approximate surface area is 297 Å². The number of aliphatic hydroxyl groups is 4. The predicted molar refractivity (Wildman–Crippen MR) is 184 cm³/mol. The highest BCUT2D eigenvalue weighted by Gasteiger charge is 2.62. The first-order valence-electron chi connectivity index (χ1n) is 16.6. The zero-order valence-corrected chi connectivity index (χ0v) is 27.6. The first-order valence-corrected chi connectivity index (χ1v) is 16.6. The molecule has 270 valence electrons. The van der Waals surface area contributed by atoms with Gasteiger partial charge in [-0.3, -0.25) is 9.69 Å². The summed E-state index contributed by atoms with van der Waals surface area (Å²) in [5.41, 5.74) is 1.40. The Hall–Kier alpha value is -5.51. The first kappa shape index (κ1) is 34.9. The van der Waals surface area contributed by atoms with Gasteiger partial charge < -0.3 is 50.2 Å². The van der Waals surface area contributed by atoms with Gasteiger partial charge in [0.1, 0.15) is 30.2 Å². The standard InChI is InChI=1S/C38H37N3O11/c42-18-30-33(46)34(47)35(48)36(52-30)51-29-16-26-25(15-28(29)44)32-22(12-20-4-2-1-3-5-20)10-11-38(32,37(49)50)41(26)31(45)9-7-21-6-8-27(43)23(13-21)14-24-17-39-19-40-24/h1-11,13,15-17,19,22,30,32-36,42-44,46-48H,12,14,18H2,(H,39,40)(H,49,50). The number of rotatable bonds is 10. The molecule has 3 aliphatic rings. The van der Waals surface area contributed by atoms with Crippen LogP contribution in [0.25, 0.3) is 6.08 Å². The van der Waals surface area contributed by atoms with Crippen molar-refractivity contribution in [1.82, 2.24) is 9.97 Å². The number of aromatic nitrogens is 2. The average Bonchev–Trinajstić information content (AvgIpc) is 3.85. The molecule has 8 unspecified atom stereocenters. The third kappa shape index (κ3) is 6.10. The maximum absolute atomic E-state index is 14.3. The van der Waals surface area contributed by atoms with Crippen LogP contribution in [0.2, 0.25) is 0 Å². The summed E-state index contributed by atoms with van der Waals surface area (Å²) in [6, 6.07) is 16.9. The van der Waals surface area contributed by atoms with Crippen LogP contribution in [0, 0.1) is 5.92 Å². The number of phenols is 2. The molecule has 0 radical (unpaired) electrons. The third-order valence-electron chi connectivity index (χ3n) is 9.98. The van der Waals surface area contributed by atoms with Crippen LogP contribution in [-0.4, -0.2) is 100 Å². The number of aromatic hydroxyl groups is 2. The van der Waals surface area contributed by atoms with Crippen molar-refractivity contribution >= 4 is 23.6 Å². The number of carbonyl (C=O) groups is 2. The molecule has 2 aliphatic heterocycles. The lowest BCUT2D eigenvalue weighted by Gasteiger charge is -2.39. The summed E-state index contributed by atoms with van der Waals surface area (Å²) >= 11 is 0. The van der Waals surface area contributed by atoms with E-state index in [-0.39, 0.29) is 17.2 Å². The number of nitrogens with one attached hydrogen (secondary N) is 1. The van der Waals surface area contributed by atoms with Crippen LogP contribution >= 0.6 is 0 Å². The van der Waals surface area contributed by atoms with Crippen molar-refractivity contribution in [2.24, 2.45) is 5.92 Å². The smallest absolute Gasteiger partial charge is 0.334 e. The molecule has 0 bridgehead atoms. The van der Waals surface area contributed by atoms with Gasteiger partial charge in [0.25, 0.3) is 5.91 Å². The lowest BCUT2D eigenvalue weighted by Crippen LogP contribution is -2.60. The van der Waals surface area contributed by atoms with Crippen molar-refractivity contribution in [2.45, 2.75) is 55.0 Å². The highest BCUT2D eigenvalue weighted by molar-refractivity contribution is 6.13. The molecule has 52 heavy (non-hydrogen) atoms. The highest BCUT2D eigenvalue weighted by Crippen LogP contribution is 2.58. The number of carboxylic acids is 1. The maximum Gasteiger partial charge on any atom is 0.334 e. The van der Waals surface area contributed by atoms with Crippen molar-refractivity contribution in [3.8, 4) is 17.2 Å². The molecule has 3 aromatic carbocycles. The van der Waals surface area contributed by atoms with Gasteiger partial charge in [0, 0.05) is 41.9 Å². The molecule has 8 N–H and O–H groups in total. The summed E-state index contributed by atoms with van der Waals surface area (Å²) in [5.74, 6) is -3.97. The number of imidazole rings is 1. The topological polar surface area (TPSA) is 226 Å². The van der Waals surface area contributed by atoms with E-state index in [1.807, 2.05) is 30.3 Å². The number of anilines is 1. The van der Waals surface area contributed by atoms with Crippen molar-refractivity contribution in [1.29, 1.82) is 0 Å². The molecule has 1 aliphatic carbocycles. The molecule has 1 aromatic heterocycles. The number of aromatic amines is 1. The van der Waals surface area contributed by atoms with Crippen LogP contribution in [0.1, 0.15) is 33.9 Å². The number of carbonyl (C=O) groups excluding carboxylic acids is 1. The van der Waals surface area contributed by atoms with E-state index in [4.69, 9.17) is 9.47 Å². The summed E-state index contributed by atoms with van der Waals surface area (Å²) < 4.78 is 11.3. The number of ether oxygens (including phenoxy) is 2. The van der Waals surface area contributed by atoms with Crippen molar-refractivity contribution in [3.63, 3.8) is 0 Å². The van der Waals surface area contributed by atoms with E-state index < -0.39 is 72.3 Å². The molecule has 7 rings (SSSR count). The van der Waals surface area contributed by atoms with E-state index in [9.17, 15) is 45.3 Å². The van der Waals surface area contributed by atoms with Crippen LogP contribution in [0.15, 0.2) is 91.4 Å². The normalized spacial score (nSPS) is 27.8. The van der Waals surface area contributed by atoms with Crippen molar-refractivity contribution < 1.29 is 54.8 Å². The van der Waals surface area contributed by atoms with Crippen LogP contribution in [0.5, 0.6) is 17.2 Å². The van der Waals surface area contributed by atoms with Crippen LogP contribution in [-0.2, 0) is 27.2 Å². The number of H-pyrrole nitrogens is 1. The zero-order chi connectivity index (χ0) is 36.7. The Morgan fingerprint density at radius 2 is 1.79 bits per heavy atom. The summed E-state index contributed by atoms with van der Waals surface area (Å²) in [7, 11) is 0. The summed E-state index contributed by atoms with van der Waals surface area (Å²) in [6.07, 6.45) is 1.80. The summed E-state index contributed by atoms with van der Waals surface area (Å²) in [5, 5.41) is 73.4. The predicted octanol–water partition coefficient (Wildman–Crippen LogP) is 1.99. The highest BCUT2D eigenvalue weighted by atomic mass is 16.7. The number of fused-ring (bicyclic) bond motifs is 3. The Kier molecular flexibility index (Phi) is 9.33. The first-order chi connectivity index (χ1) is 25.0. The second-order valence-corrected chi connectivity index (χ2v) is 13.2. The van der Waals surface area contributed by atoms with E-state index >= 15 is 0 Å². The second kappa shape index (κ2) is 13.9. The monoisotopic (exact) mass is 711 g/mol. The van der Waals surface area contributed by atoms with Gasteiger partial charge in [-0.15, -0.1) is 0 Å². The van der Waals surface area contributed by atoms with Gasteiger partial charge in [-0.2, -0.15) is 0 Å². The fourth-order valence-corrected chi connectivity index (χ4v) is 7.45. The van der Waals surface area contributed by atoms with Gasteiger partial charge in [0.2, 0.25) is 6.29 Å². The number of phenolic OH excluding ortho intramolecular Hbond substituents is 2. The largest absolute Gasteiger partial charge is 0.508 e. The molecule has 1 fully saturated rings. The Bertz CT molecular complexity index is 2020. The van der Waals surface area contributed by atoms with Gasteiger partial charge >= 0.3 is 5.97 Å². The third-order valence-corrected chi connectivity index (χ3v) is 9.98. The van der Waals surface area contributed by atoms with Gasteiger partial charge in [-0.1, -0.05) is 48.6 Å². The second-order valence-electron chi connectivity index (χ2n) is 13.2. The lowest BCUT2D eigenvalue weighted by atomic mass is 9.77. The molecule has 0 saturated carbocycles. The number of nitrogens with zero attached hydrogens (tertiary/aromatic N) is 2. The number of allylic oxidation sites excluding steroid dienone is 1. The molecule has 1 saturated heterocycles. The Morgan fingerprint density at radius 1 is 1.00 bits per heavy atom. The number of aliphatic hydroxyl groups excluding tert-OH is 4. The number of amides is 1. The van der Waals surface area contributed by atoms with Gasteiger partial charge in [0.05, 0.1) is 18.6 Å². The van der Waals surface area contributed by atoms with E-state index in [1.165, 1.54) is 42.8 Å². The van der Waals surface area contributed by atoms with Gasteiger partial charge in [-0.05, 0) is 53.3 Å². The van der Waals surface area contributed by atoms with Crippen molar-refractivity contribution in [2.75, 3.05) is 11.5 Å². The Morgan fingerprint density at radius 3 is 2.50 bits per heavy atom. The number of hydrogen-bond donors (Lipinski definition) is 8. The lowest BCUT2D eigenvalue weighted by molar-refractivity contribution is -0.277. The van der Waals surface area contributed by atoms with Gasteiger partial charge in [-0.25, -0.2) is 9.78 Å². The minimum absolute atomic E-state index is 0.0477. The molecule has 14 nitrogen and oxygen atoms in total. The molecule has 1 amide bonds. The van der Waals surface area contributed by atoms with Crippen LogP contribution in [0.4, 0.5) is 5.69 Å². The molecular weight excluding hydrogens is 674 g/mol. The number of aliphatic carboxylic acids is 1.